The number of piperazine rings is 1. The van der Waals surface area contributed by atoms with Crippen LogP contribution in [0, 0.1) is 6.92 Å². The second kappa shape index (κ2) is 8.62. The van der Waals surface area contributed by atoms with Gasteiger partial charge in [0.25, 0.3) is 0 Å². The molecule has 1 aromatic heterocycles. The number of amides is 2. The smallest absolute Gasteiger partial charge is 0.407 e. The van der Waals surface area contributed by atoms with Crippen molar-refractivity contribution in [2.24, 2.45) is 0 Å². The van der Waals surface area contributed by atoms with Crippen LogP contribution in [0.15, 0.2) is 5.38 Å². The van der Waals surface area contributed by atoms with Gasteiger partial charge in [-0.2, -0.15) is 0 Å². The van der Waals surface area contributed by atoms with E-state index in [2.05, 4.69) is 20.6 Å². The van der Waals surface area contributed by atoms with E-state index in [1.165, 1.54) is 0 Å². The van der Waals surface area contributed by atoms with Crippen molar-refractivity contribution in [2.45, 2.75) is 46.3 Å². The lowest BCUT2D eigenvalue weighted by molar-refractivity contribution is -0.132. The SMILES string of the molecule is Cc1nc(CN2CCN(C(=O)CCNC(=O)OC(C)(C)C)CC2)cs1. The molecule has 2 heterocycles. The predicted octanol–water partition coefficient (Wildman–Crippen LogP) is 2.01. The van der Waals surface area contributed by atoms with Crippen LogP contribution in [0.25, 0.3) is 0 Å². The minimum Gasteiger partial charge on any atom is -0.444 e. The van der Waals surface area contributed by atoms with Crippen LogP contribution in [-0.4, -0.2) is 65.1 Å². The van der Waals surface area contributed by atoms with E-state index in [9.17, 15) is 9.59 Å². The van der Waals surface area contributed by atoms with E-state index in [1.807, 2.05) is 32.6 Å². The third kappa shape index (κ3) is 6.99. The zero-order valence-electron chi connectivity index (χ0n) is 15.5. The number of thiazole rings is 1. The van der Waals surface area contributed by atoms with Crippen molar-refractivity contribution in [1.29, 1.82) is 0 Å². The highest BCUT2D eigenvalue weighted by Gasteiger charge is 2.22. The van der Waals surface area contributed by atoms with Gasteiger partial charge in [-0.15, -0.1) is 11.3 Å². The van der Waals surface area contributed by atoms with Crippen molar-refractivity contribution in [3.8, 4) is 0 Å². The number of alkyl carbamates (subject to hydrolysis) is 1. The molecule has 0 aromatic carbocycles. The lowest BCUT2D eigenvalue weighted by atomic mass is 10.2. The van der Waals surface area contributed by atoms with Crippen molar-refractivity contribution in [3.63, 3.8) is 0 Å². The van der Waals surface area contributed by atoms with E-state index in [4.69, 9.17) is 4.74 Å². The first kappa shape index (κ1) is 19.7. The Labute approximate surface area is 153 Å². The first-order valence-corrected chi connectivity index (χ1v) is 9.49. The van der Waals surface area contributed by atoms with Gasteiger partial charge in [0.05, 0.1) is 10.7 Å². The van der Waals surface area contributed by atoms with E-state index in [1.54, 1.807) is 11.3 Å². The maximum Gasteiger partial charge on any atom is 0.407 e. The van der Waals surface area contributed by atoms with Gasteiger partial charge in [-0.05, 0) is 27.7 Å². The topological polar surface area (TPSA) is 74.8 Å². The zero-order valence-corrected chi connectivity index (χ0v) is 16.3. The van der Waals surface area contributed by atoms with Crippen molar-refractivity contribution < 1.29 is 14.3 Å². The Bertz CT molecular complexity index is 589. The normalized spacial score (nSPS) is 15.9. The number of rotatable bonds is 5. The molecule has 0 bridgehead atoms. The van der Waals surface area contributed by atoms with Gasteiger partial charge in [0.15, 0.2) is 0 Å². The van der Waals surface area contributed by atoms with Gasteiger partial charge in [-0.25, -0.2) is 9.78 Å². The van der Waals surface area contributed by atoms with Crippen LogP contribution in [-0.2, 0) is 16.1 Å². The molecule has 0 radical (unpaired) electrons. The van der Waals surface area contributed by atoms with E-state index < -0.39 is 11.7 Å². The first-order chi connectivity index (χ1) is 11.7. The molecule has 0 atom stereocenters. The van der Waals surface area contributed by atoms with E-state index in [-0.39, 0.29) is 5.91 Å². The van der Waals surface area contributed by atoms with Crippen molar-refractivity contribution in [3.05, 3.63) is 16.1 Å². The molecule has 0 spiro atoms. The second-order valence-electron chi connectivity index (χ2n) is 7.19. The van der Waals surface area contributed by atoms with Gasteiger partial charge in [0.2, 0.25) is 5.91 Å². The van der Waals surface area contributed by atoms with Gasteiger partial charge in [-0.3, -0.25) is 9.69 Å². The van der Waals surface area contributed by atoms with Crippen LogP contribution in [0.3, 0.4) is 0 Å². The zero-order chi connectivity index (χ0) is 18.4. The monoisotopic (exact) mass is 368 g/mol. The summed E-state index contributed by atoms with van der Waals surface area (Å²) in [6.07, 6.45) is -0.187. The fourth-order valence-electron chi connectivity index (χ4n) is 2.61. The molecule has 140 valence electrons. The summed E-state index contributed by atoms with van der Waals surface area (Å²) >= 11 is 1.67. The molecule has 0 aliphatic carbocycles. The molecule has 1 N–H and O–H groups in total. The minimum atomic E-state index is -0.528. The lowest BCUT2D eigenvalue weighted by Crippen LogP contribution is -2.48. The number of ether oxygens (including phenoxy) is 1. The summed E-state index contributed by atoms with van der Waals surface area (Å²) in [4.78, 5) is 32.5. The third-order valence-corrected chi connectivity index (χ3v) is 4.61. The maximum atomic E-state index is 12.2. The summed E-state index contributed by atoms with van der Waals surface area (Å²) in [5.74, 6) is 0.0696. The van der Waals surface area contributed by atoms with Gasteiger partial charge in [0, 0.05) is 51.1 Å². The van der Waals surface area contributed by atoms with E-state index >= 15 is 0 Å². The number of aryl methyl sites for hydroxylation is 1. The third-order valence-electron chi connectivity index (χ3n) is 3.78. The molecule has 1 aliphatic heterocycles. The summed E-state index contributed by atoms with van der Waals surface area (Å²) in [6.45, 7) is 11.7. The predicted molar refractivity (Wildman–Crippen MR) is 97.6 cm³/mol. The Morgan fingerprint density at radius 3 is 2.52 bits per heavy atom. The number of nitrogens with zero attached hydrogens (tertiary/aromatic N) is 3. The van der Waals surface area contributed by atoms with E-state index in [0.717, 1.165) is 30.3 Å². The molecule has 8 heteroatoms. The first-order valence-electron chi connectivity index (χ1n) is 8.61. The average molecular weight is 369 g/mol. The standard InChI is InChI=1S/C17H28N4O3S/c1-13-19-14(12-25-13)11-20-7-9-21(10-8-20)15(22)5-6-18-16(23)24-17(2,3)4/h12H,5-11H2,1-4H3,(H,18,23). The molecule has 2 rings (SSSR count). The Hall–Kier alpha value is -1.67. The fourth-order valence-corrected chi connectivity index (χ4v) is 3.21. The summed E-state index contributed by atoms with van der Waals surface area (Å²) in [5.41, 5.74) is 0.573. The maximum absolute atomic E-state index is 12.2. The van der Waals surface area contributed by atoms with Gasteiger partial charge >= 0.3 is 6.09 Å². The Balaban J connectivity index is 1.64. The molecule has 0 saturated carbocycles. The Morgan fingerprint density at radius 1 is 1.28 bits per heavy atom. The second-order valence-corrected chi connectivity index (χ2v) is 8.26. The van der Waals surface area contributed by atoms with Crippen LogP contribution in [0.5, 0.6) is 0 Å². The lowest BCUT2D eigenvalue weighted by Gasteiger charge is -2.34. The van der Waals surface area contributed by atoms with Crippen LogP contribution in [0.2, 0.25) is 0 Å². The fraction of sp³-hybridized carbons (Fsp3) is 0.706. The van der Waals surface area contributed by atoms with Crippen molar-refractivity contribution in [1.82, 2.24) is 20.1 Å². The quantitative estimate of drug-likeness (QED) is 0.860. The van der Waals surface area contributed by atoms with Crippen molar-refractivity contribution in [2.75, 3.05) is 32.7 Å². The highest BCUT2D eigenvalue weighted by atomic mass is 32.1. The number of nitrogens with one attached hydrogen (secondary N) is 1. The average Bonchev–Trinajstić information content (AvgIpc) is 2.91. The van der Waals surface area contributed by atoms with Gasteiger partial charge in [-0.1, -0.05) is 0 Å². The molecule has 2 amide bonds. The largest absolute Gasteiger partial charge is 0.444 e. The summed E-state index contributed by atoms with van der Waals surface area (Å²) < 4.78 is 5.15. The molecule has 25 heavy (non-hydrogen) atoms. The molecule has 1 aliphatic rings. The minimum absolute atomic E-state index is 0.0696. The van der Waals surface area contributed by atoms with E-state index in [0.29, 0.717) is 26.1 Å². The highest BCUT2D eigenvalue weighted by Crippen LogP contribution is 2.12. The summed E-state index contributed by atoms with van der Waals surface area (Å²) in [7, 11) is 0. The Morgan fingerprint density at radius 2 is 1.96 bits per heavy atom. The van der Waals surface area contributed by atoms with Crippen LogP contribution >= 0.6 is 11.3 Å². The number of hydrogen-bond donors (Lipinski definition) is 1. The van der Waals surface area contributed by atoms with Gasteiger partial charge in [0.1, 0.15) is 5.60 Å². The van der Waals surface area contributed by atoms with Crippen LogP contribution < -0.4 is 5.32 Å². The number of carbonyl (C=O) groups is 2. The molecular weight excluding hydrogens is 340 g/mol. The number of aromatic nitrogens is 1. The number of hydrogen-bond acceptors (Lipinski definition) is 6. The molecule has 1 fully saturated rings. The molecule has 1 saturated heterocycles. The molecule has 7 nitrogen and oxygen atoms in total. The van der Waals surface area contributed by atoms with Crippen LogP contribution in [0.1, 0.15) is 37.9 Å². The Kier molecular flexibility index (Phi) is 6.78. The molecule has 0 unspecified atom stereocenters. The molecular formula is C17H28N4O3S. The summed E-state index contributed by atoms with van der Waals surface area (Å²) in [5, 5.41) is 5.80. The van der Waals surface area contributed by atoms with Crippen molar-refractivity contribution >= 4 is 23.3 Å². The van der Waals surface area contributed by atoms with Gasteiger partial charge < -0.3 is 15.0 Å². The number of carbonyl (C=O) groups excluding carboxylic acids is 2. The van der Waals surface area contributed by atoms with Crippen LogP contribution in [0.4, 0.5) is 4.79 Å². The highest BCUT2D eigenvalue weighted by molar-refractivity contribution is 7.09. The summed E-state index contributed by atoms with van der Waals surface area (Å²) in [6, 6.07) is 0. The molecule has 1 aromatic rings.